The number of amides is 2. The van der Waals surface area contributed by atoms with Gasteiger partial charge in [0.05, 0.1) is 12.1 Å². The number of fused-ring (bicyclic) bond motifs is 1. The molecule has 0 saturated heterocycles. The van der Waals surface area contributed by atoms with E-state index >= 15 is 0 Å². The summed E-state index contributed by atoms with van der Waals surface area (Å²) >= 11 is 6.06. The van der Waals surface area contributed by atoms with Crippen molar-refractivity contribution in [3.05, 3.63) is 89.2 Å². The van der Waals surface area contributed by atoms with Crippen LogP contribution in [0, 0.1) is 5.82 Å². The van der Waals surface area contributed by atoms with Gasteiger partial charge in [-0.3, -0.25) is 14.5 Å². The molecule has 0 bridgehead atoms. The van der Waals surface area contributed by atoms with Crippen LogP contribution in [0.5, 0.6) is 0 Å². The first-order chi connectivity index (χ1) is 17.0. The lowest BCUT2D eigenvalue weighted by Crippen LogP contribution is -2.46. The number of carbonyl (C=O) groups excluding carboxylic acids is 2. The highest BCUT2D eigenvalue weighted by molar-refractivity contribution is 6.30. The first kappa shape index (κ1) is 24.3. The molecule has 0 aliphatic rings. The maximum absolute atomic E-state index is 14.2. The lowest BCUT2D eigenvalue weighted by molar-refractivity contribution is -0.127. The molecule has 1 unspecified atom stereocenters. The Morgan fingerprint density at radius 3 is 2.63 bits per heavy atom. The van der Waals surface area contributed by atoms with E-state index in [1.165, 1.54) is 34.9 Å². The van der Waals surface area contributed by atoms with Gasteiger partial charge in [-0.05, 0) is 48.0 Å². The first-order valence-electron chi connectivity index (χ1n) is 10.9. The Hall–Kier alpha value is -3.82. The highest BCUT2D eigenvalue weighted by Gasteiger charge is 2.33. The van der Waals surface area contributed by atoms with Crippen LogP contribution in [-0.2, 0) is 20.9 Å². The van der Waals surface area contributed by atoms with Crippen molar-refractivity contribution in [2.24, 2.45) is 0 Å². The fourth-order valence-electron chi connectivity index (χ4n) is 3.74. The Morgan fingerprint density at radius 1 is 1.11 bits per heavy atom. The van der Waals surface area contributed by atoms with E-state index in [4.69, 9.17) is 16.3 Å². The maximum Gasteiger partial charge on any atom is 0.249 e. The molecule has 1 atom stereocenters. The smallest absolute Gasteiger partial charge is 0.249 e. The zero-order chi connectivity index (χ0) is 24.8. The molecule has 0 saturated carbocycles. The van der Waals surface area contributed by atoms with Crippen LogP contribution in [0.4, 0.5) is 10.1 Å². The number of nitrogens with zero attached hydrogens (tertiary/aromatic N) is 4. The molecule has 2 amide bonds. The van der Waals surface area contributed by atoms with Gasteiger partial charge in [-0.25, -0.2) is 9.07 Å². The van der Waals surface area contributed by atoms with Gasteiger partial charge >= 0.3 is 0 Å². The van der Waals surface area contributed by atoms with E-state index in [0.29, 0.717) is 21.6 Å². The lowest BCUT2D eigenvalue weighted by Gasteiger charge is -2.31. The summed E-state index contributed by atoms with van der Waals surface area (Å²) in [6.45, 7) is 0.308. The van der Waals surface area contributed by atoms with Crippen molar-refractivity contribution in [3.8, 4) is 0 Å². The second-order valence-electron chi connectivity index (χ2n) is 7.72. The normalized spacial score (nSPS) is 11.9. The third-order valence-electron chi connectivity index (χ3n) is 5.36. The minimum absolute atomic E-state index is 0.216. The van der Waals surface area contributed by atoms with Crippen LogP contribution in [0.1, 0.15) is 11.6 Å². The number of hydrogen-bond acceptors (Lipinski definition) is 5. The molecule has 0 spiro atoms. The second-order valence-corrected chi connectivity index (χ2v) is 8.15. The summed E-state index contributed by atoms with van der Waals surface area (Å²) in [7, 11) is 1.52. The summed E-state index contributed by atoms with van der Waals surface area (Å²) in [5.41, 5.74) is 2.02. The van der Waals surface area contributed by atoms with Crippen molar-refractivity contribution >= 4 is 40.1 Å². The van der Waals surface area contributed by atoms with Gasteiger partial charge in [0.25, 0.3) is 0 Å². The molecule has 1 heterocycles. The predicted octanol–water partition coefficient (Wildman–Crippen LogP) is 3.76. The topological polar surface area (TPSA) is 89.4 Å². The van der Waals surface area contributed by atoms with Gasteiger partial charge < -0.3 is 10.1 Å². The first-order valence-corrected chi connectivity index (χ1v) is 11.2. The van der Waals surface area contributed by atoms with E-state index in [-0.39, 0.29) is 25.4 Å². The summed E-state index contributed by atoms with van der Waals surface area (Å²) in [6, 6.07) is 18.2. The summed E-state index contributed by atoms with van der Waals surface area (Å²) in [5, 5.41) is 11.4. The molecule has 4 rings (SSSR count). The largest absolute Gasteiger partial charge is 0.383 e. The fraction of sp³-hybridized carbons (Fsp3) is 0.200. The molecule has 0 radical (unpaired) electrons. The van der Waals surface area contributed by atoms with Gasteiger partial charge in [0.1, 0.15) is 23.9 Å². The summed E-state index contributed by atoms with van der Waals surface area (Å²) in [5.74, 6) is -1.47. The SMILES string of the molecule is COCCNC(=O)C(c1ccc(Cl)cc1)N(C(=O)Cn1nnc2ccccc21)c1cccc(F)c1. The number of anilines is 1. The van der Waals surface area contributed by atoms with E-state index in [1.54, 1.807) is 42.5 Å². The fourth-order valence-corrected chi connectivity index (χ4v) is 3.86. The van der Waals surface area contributed by atoms with E-state index in [2.05, 4.69) is 15.6 Å². The van der Waals surface area contributed by atoms with E-state index in [0.717, 1.165) is 0 Å². The third kappa shape index (κ3) is 5.64. The monoisotopic (exact) mass is 495 g/mol. The standard InChI is InChI=1S/C25H23ClFN5O3/c1-35-14-13-28-25(34)24(17-9-11-18(26)12-10-17)32(20-6-4-5-19(27)15-20)23(33)16-31-22-8-3-2-7-21(22)29-30-31/h2-12,15,24H,13-14,16H2,1H3,(H,28,34). The van der Waals surface area contributed by atoms with E-state index in [9.17, 15) is 14.0 Å². The second kappa shape index (κ2) is 11.1. The van der Waals surface area contributed by atoms with Crippen molar-refractivity contribution in [1.82, 2.24) is 20.3 Å². The van der Waals surface area contributed by atoms with Crippen LogP contribution in [0.2, 0.25) is 5.02 Å². The number of benzene rings is 3. The quantitative estimate of drug-likeness (QED) is 0.357. The van der Waals surface area contributed by atoms with Crippen molar-refractivity contribution in [2.75, 3.05) is 25.2 Å². The molecule has 0 fully saturated rings. The maximum atomic E-state index is 14.2. The van der Waals surface area contributed by atoms with Gasteiger partial charge in [0.2, 0.25) is 11.8 Å². The molecule has 0 aliphatic carbocycles. The molecule has 1 N–H and O–H groups in total. The van der Waals surface area contributed by atoms with Gasteiger partial charge in [0.15, 0.2) is 0 Å². The number of ether oxygens (including phenoxy) is 1. The Morgan fingerprint density at radius 2 is 1.89 bits per heavy atom. The number of para-hydroxylation sites is 1. The number of nitrogens with one attached hydrogen (secondary N) is 1. The Kier molecular flexibility index (Phi) is 7.69. The van der Waals surface area contributed by atoms with Crippen molar-refractivity contribution < 1.29 is 18.7 Å². The number of hydrogen-bond donors (Lipinski definition) is 1. The van der Waals surface area contributed by atoms with Crippen molar-refractivity contribution in [3.63, 3.8) is 0 Å². The average molecular weight is 496 g/mol. The third-order valence-corrected chi connectivity index (χ3v) is 5.61. The molecular weight excluding hydrogens is 473 g/mol. The molecule has 1 aromatic heterocycles. The van der Waals surface area contributed by atoms with Gasteiger partial charge in [-0.1, -0.05) is 47.1 Å². The Bertz CT molecular complexity index is 1330. The Balaban J connectivity index is 1.77. The number of halogens is 2. The van der Waals surface area contributed by atoms with E-state index < -0.39 is 23.7 Å². The van der Waals surface area contributed by atoms with Crippen LogP contribution in [0.25, 0.3) is 11.0 Å². The molecule has 0 aliphatic heterocycles. The van der Waals surface area contributed by atoms with Gasteiger partial charge in [0, 0.05) is 24.4 Å². The van der Waals surface area contributed by atoms with Crippen molar-refractivity contribution in [1.29, 1.82) is 0 Å². The summed E-state index contributed by atoms with van der Waals surface area (Å²) < 4.78 is 20.7. The number of carbonyl (C=O) groups is 2. The minimum Gasteiger partial charge on any atom is -0.383 e. The number of methoxy groups -OCH3 is 1. The van der Waals surface area contributed by atoms with Crippen LogP contribution in [0.15, 0.2) is 72.8 Å². The minimum atomic E-state index is -1.10. The molecule has 10 heteroatoms. The van der Waals surface area contributed by atoms with Crippen LogP contribution < -0.4 is 10.2 Å². The molecule has 4 aromatic rings. The Labute approximate surface area is 206 Å². The average Bonchev–Trinajstić information content (AvgIpc) is 3.26. The zero-order valence-electron chi connectivity index (χ0n) is 18.9. The predicted molar refractivity (Wildman–Crippen MR) is 130 cm³/mol. The van der Waals surface area contributed by atoms with Crippen LogP contribution >= 0.6 is 11.6 Å². The number of aromatic nitrogens is 3. The van der Waals surface area contributed by atoms with Gasteiger partial charge in [-0.15, -0.1) is 5.10 Å². The van der Waals surface area contributed by atoms with E-state index in [1.807, 2.05) is 12.1 Å². The zero-order valence-corrected chi connectivity index (χ0v) is 19.7. The van der Waals surface area contributed by atoms with Gasteiger partial charge in [-0.2, -0.15) is 0 Å². The van der Waals surface area contributed by atoms with Crippen LogP contribution in [0.3, 0.4) is 0 Å². The molecule has 3 aromatic carbocycles. The molecule has 35 heavy (non-hydrogen) atoms. The highest BCUT2D eigenvalue weighted by atomic mass is 35.5. The molecule has 8 nitrogen and oxygen atoms in total. The molecule has 180 valence electrons. The van der Waals surface area contributed by atoms with Crippen molar-refractivity contribution in [2.45, 2.75) is 12.6 Å². The molecular formula is C25H23ClFN5O3. The number of rotatable bonds is 9. The lowest BCUT2D eigenvalue weighted by atomic mass is 10.0. The summed E-state index contributed by atoms with van der Waals surface area (Å²) in [6.07, 6.45) is 0. The summed E-state index contributed by atoms with van der Waals surface area (Å²) in [4.78, 5) is 28.4. The van der Waals surface area contributed by atoms with Crippen LogP contribution in [-0.4, -0.2) is 47.1 Å². The highest BCUT2D eigenvalue weighted by Crippen LogP contribution is 2.30.